The number of nitrogens with zero attached hydrogens (tertiary/aromatic N) is 1. The summed E-state index contributed by atoms with van der Waals surface area (Å²) in [5.74, 6) is 0.607. The number of aromatic nitrogens is 1. The molecule has 0 radical (unpaired) electrons. The molecule has 4 nitrogen and oxygen atoms in total. The summed E-state index contributed by atoms with van der Waals surface area (Å²) < 4.78 is 19.6. The first-order chi connectivity index (χ1) is 11.1. The zero-order valence-corrected chi connectivity index (χ0v) is 13.4. The van der Waals surface area contributed by atoms with Gasteiger partial charge < -0.3 is 9.73 Å². The summed E-state index contributed by atoms with van der Waals surface area (Å²) in [6.07, 6.45) is 4.23. The van der Waals surface area contributed by atoms with Crippen molar-refractivity contribution in [2.75, 3.05) is 0 Å². The van der Waals surface area contributed by atoms with Gasteiger partial charge in [-0.25, -0.2) is 9.37 Å². The predicted octanol–water partition coefficient (Wildman–Crippen LogP) is 4.09. The first-order valence-electron chi connectivity index (χ1n) is 8.05. The molecule has 3 rings (SSSR count). The number of hydrogen-bond acceptors (Lipinski definition) is 3. The zero-order valence-electron chi connectivity index (χ0n) is 13.4. The Balaban J connectivity index is 1.88. The number of aryl methyl sites for hydroxylation is 2. The monoisotopic (exact) mass is 316 g/mol. The van der Waals surface area contributed by atoms with Crippen LogP contribution in [-0.2, 0) is 0 Å². The Bertz CT molecular complexity index is 705. The number of rotatable bonds is 4. The lowest BCUT2D eigenvalue weighted by Gasteiger charge is -2.25. The number of amides is 1. The van der Waals surface area contributed by atoms with Gasteiger partial charge in [0.1, 0.15) is 11.6 Å². The van der Waals surface area contributed by atoms with Crippen LogP contribution in [0.15, 0.2) is 28.7 Å². The number of hydrogen-bond donors (Lipinski definition) is 1. The number of carbonyl (C=O) groups is 1. The van der Waals surface area contributed by atoms with Gasteiger partial charge in [-0.15, -0.1) is 0 Å². The number of halogens is 1. The first-order valence-corrected chi connectivity index (χ1v) is 8.05. The second-order valence-electron chi connectivity index (χ2n) is 6.15. The van der Waals surface area contributed by atoms with Crippen molar-refractivity contribution in [3.05, 3.63) is 53.0 Å². The van der Waals surface area contributed by atoms with E-state index in [-0.39, 0.29) is 29.4 Å². The lowest BCUT2D eigenvalue weighted by molar-refractivity contribution is 0.0914. The van der Waals surface area contributed by atoms with Crippen molar-refractivity contribution in [3.63, 3.8) is 0 Å². The van der Waals surface area contributed by atoms with E-state index in [4.69, 9.17) is 4.42 Å². The Morgan fingerprint density at radius 1 is 1.30 bits per heavy atom. The maximum absolute atomic E-state index is 14.2. The maximum Gasteiger partial charge on any atom is 0.274 e. The Labute approximate surface area is 135 Å². The van der Waals surface area contributed by atoms with Crippen molar-refractivity contribution in [3.8, 4) is 0 Å². The van der Waals surface area contributed by atoms with Gasteiger partial charge in [-0.2, -0.15) is 0 Å². The zero-order chi connectivity index (χ0) is 16.4. The molecule has 1 N–H and O–H groups in total. The van der Waals surface area contributed by atoms with Crippen molar-refractivity contribution in [1.29, 1.82) is 0 Å². The molecule has 1 amide bonds. The summed E-state index contributed by atoms with van der Waals surface area (Å²) >= 11 is 0. The first kappa shape index (κ1) is 15.7. The molecule has 2 aromatic rings. The third-order valence-electron chi connectivity index (χ3n) is 4.52. The molecule has 0 aliphatic heterocycles. The molecule has 1 fully saturated rings. The molecule has 1 aromatic carbocycles. The fraction of sp³-hybridized carbons (Fsp3) is 0.444. The predicted molar refractivity (Wildman–Crippen MR) is 84.5 cm³/mol. The quantitative estimate of drug-likeness (QED) is 0.924. The number of nitrogens with one attached hydrogen (secondary N) is 1. The van der Waals surface area contributed by atoms with E-state index < -0.39 is 0 Å². The van der Waals surface area contributed by atoms with E-state index in [1.54, 1.807) is 32.0 Å². The minimum Gasteiger partial charge on any atom is -0.445 e. The molecule has 1 aromatic heterocycles. The average Bonchev–Trinajstić information content (AvgIpc) is 3.15. The molecule has 122 valence electrons. The van der Waals surface area contributed by atoms with Gasteiger partial charge in [0.15, 0.2) is 11.6 Å². The van der Waals surface area contributed by atoms with Crippen molar-refractivity contribution >= 4 is 5.91 Å². The van der Waals surface area contributed by atoms with E-state index in [0.717, 1.165) is 25.7 Å². The Kier molecular flexibility index (Phi) is 4.46. The summed E-state index contributed by atoms with van der Waals surface area (Å²) in [7, 11) is 0. The van der Waals surface area contributed by atoms with Crippen LogP contribution in [0.3, 0.4) is 0 Å². The third-order valence-corrected chi connectivity index (χ3v) is 4.52. The summed E-state index contributed by atoms with van der Waals surface area (Å²) in [4.78, 5) is 16.7. The van der Waals surface area contributed by atoms with Crippen LogP contribution in [0, 0.1) is 25.6 Å². The third kappa shape index (κ3) is 3.28. The molecule has 1 saturated carbocycles. The van der Waals surface area contributed by atoms with Crippen molar-refractivity contribution in [2.24, 2.45) is 5.92 Å². The Hall–Kier alpha value is -2.17. The van der Waals surface area contributed by atoms with Crippen LogP contribution >= 0.6 is 0 Å². The molecule has 1 aliphatic rings. The van der Waals surface area contributed by atoms with Crippen LogP contribution in [0.2, 0.25) is 0 Å². The number of carbonyl (C=O) groups excluding carboxylic acids is 1. The van der Waals surface area contributed by atoms with Gasteiger partial charge in [-0.3, -0.25) is 4.79 Å². The van der Waals surface area contributed by atoms with Gasteiger partial charge in [0.25, 0.3) is 5.91 Å². The van der Waals surface area contributed by atoms with Crippen LogP contribution in [-0.4, -0.2) is 10.9 Å². The molecular formula is C18H21FN2O2. The highest BCUT2D eigenvalue weighted by molar-refractivity contribution is 5.93. The largest absolute Gasteiger partial charge is 0.445 e. The van der Waals surface area contributed by atoms with E-state index in [9.17, 15) is 9.18 Å². The average molecular weight is 316 g/mol. The van der Waals surface area contributed by atoms with E-state index in [1.807, 2.05) is 0 Å². The Morgan fingerprint density at radius 3 is 2.61 bits per heavy atom. The summed E-state index contributed by atoms with van der Waals surface area (Å²) in [5, 5.41) is 2.99. The number of oxazole rings is 1. The van der Waals surface area contributed by atoms with Gasteiger partial charge in [-0.1, -0.05) is 31.0 Å². The van der Waals surface area contributed by atoms with Gasteiger partial charge in [-0.05, 0) is 31.7 Å². The molecule has 0 saturated heterocycles. The standard InChI is InChI=1S/C18H21FN2O2/c1-11-16(20-12(2)23-11)18(22)21-17(13-7-3-4-8-13)14-9-5-6-10-15(14)19/h5-6,9-10,13,17H,3-4,7-8H2,1-2H3,(H,21,22). The molecule has 1 atom stereocenters. The van der Waals surface area contributed by atoms with Crippen molar-refractivity contribution in [1.82, 2.24) is 10.3 Å². The minimum atomic E-state index is -0.331. The van der Waals surface area contributed by atoms with Crippen molar-refractivity contribution < 1.29 is 13.6 Å². The van der Waals surface area contributed by atoms with E-state index in [2.05, 4.69) is 10.3 Å². The minimum absolute atomic E-state index is 0.254. The van der Waals surface area contributed by atoms with Crippen LogP contribution < -0.4 is 5.32 Å². The fourth-order valence-corrected chi connectivity index (χ4v) is 3.42. The lowest BCUT2D eigenvalue weighted by Crippen LogP contribution is -2.34. The van der Waals surface area contributed by atoms with Gasteiger partial charge in [0, 0.05) is 12.5 Å². The van der Waals surface area contributed by atoms with Crippen LogP contribution in [0.1, 0.15) is 59.4 Å². The number of benzene rings is 1. The van der Waals surface area contributed by atoms with E-state index in [1.165, 1.54) is 6.07 Å². The molecule has 0 bridgehead atoms. The van der Waals surface area contributed by atoms with Crippen molar-refractivity contribution in [2.45, 2.75) is 45.6 Å². The van der Waals surface area contributed by atoms with E-state index in [0.29, 0.717) is 17.2 Å². The smallest absolute Gasteiger partial charge is 0.274 e. The molecule has 0 spiro atoms. The fourth-order valence-electron chi connectivity index (χ4n) is 3.42. The molecule has 1 unspecified atom stereocenters. The second kappa shape index (κ2) is 6.52. The highest BCUT2D eigenvalue weighted by Gasteiger charge is 2.30. The molecule has 23 heavy (non-hydrogen) atoms. The topological polar surface area (TPSA) is 55.1 Å². The van der Waals surface area contributed by atoms with E-state index >= 15 is 0 Å². The van der Waals surface area contributed by atoms with Crippen LogP contribution in [0.25, 0.3) is 0 Å². The second-order valence-corrected chi connectivity index (χ2v) is 6.15. The Morgan fingerprint density at radius 2 is 2.00 bits per heavy atom. The normalized spacial score (nSPS) is 16.5. The van der Waals surface area contributed by atoms with Crippen LogP contribution in [0.4, 0.5) is 4.39 Å². The highest BCUT2D eigenvalue weighted by Crippen LogP contribution is 2.36. The summed E-state index contributed by atoms with van der Waals surface area (Å²) in [6, 6.07) is 6.33. The molecule has 1 heterocycles. The molecular weight excluding hydrogens is 295 g/mol. The molecule has 5 heteroatoms. The highest BCUT2D eigenvalue weighted by atomic mass is 19.1. The molecule has 1 aliphatic carbocycles. The SMILES string of the molecule is Cc1nc(C(=O)NC(c2ccccc2F)C2CCCC2)c(C)o1. The van der Waals surface area contributed by atoms with Gasteiger partial charge >= 0.3 is 0 Å². The lowest BCUT2D eigenvalue weighted by atomic mass is 9.91. The summed E-state index contributed by atoms with van der Waals surface area (Å²) in [5.41, 5.74) is 0.826. The van der Waals surface area contributed by atoms with Crippen LogP contribution in [0.5, 0.6) is 0 Å². The summed E-state index contributed by atoms with van der Waals surface area (Å²) in [6.45, 7) is 3.41. The van der Waals surface area contributed by atoms with Gasteiger partial charge in [0.2, 0.25) is 0 Å². The van der Waals surface area contributed by atoms with Gasteiger partial charge in [0.05, 0.1) is 6.04 Å². The maximum atomic E-state index is 14.2.